The average Bonchev–Trinajstić information content (AvgIpc) is 2.75. The molecule has 1 saturated heterocycles. The van der Waals surface area contributed by atoms with Crippen molar-refractivity contribution in [2.24, 2.45) is 5.73 Å². The molecule has 0 spiro atoms. The molecule has 19 heavy (non-hydrogen) atoms. The Labute approximate surface area is 115 Å². The molecule has 1 aromatic rings. The maximum absolute atomic E-state index is 5.89. The van der Waals surface area contributed by atoms with E-state index in [0.717, 1.165) is 37.6 Å². The lowest BCUT2D eigenvalue weighted by Crippen LogP contribution is -2.28. The Hall–Kier alpha value is -1.16. The number of rotatable bonds is 2. The van der Waals surface area contributed by atoms with Crippen molar-refractivity contribution in [2.75, 3.05) is 18.0 Å². The van der Waals surface area contributed by atoms with E-state index in [0.29, 0.717) is 6.54 Å². The van der Waals surface area contributed by atoms with Crippen LogP contribution in [0.1, 0.15) is 55.5 Å². The molecular weight excluding hydrogens is 236 g/mol. The highest BCUT2D eigenvalue weighted by molar-refractivity contribution is 5.38. The summed E-state index contributed by atoms with van der Waals surface area (Å²) in [4.78, 5) is 12.0. The molecule has 0 aromatic carbocycles. The van der Waals surface area contributed by atoms with Gasteiger partial charge in [0.2, 0.25) is 5.95 Å². The van der Waals surface area contributed by atoms with Gasteiger partial charge >= 0.3 is 0 Å². The molecule has 2 N–H and O–H groups in total. The van der Waals surface area contributed by atoms with Crippen molar-refractivity contribution >= 4 is 5.95 Å². The van der Waals surface area contributed by atoms with Crippen LogP contribution in [0.3, 0.4) is 0 Å². The lowest BCUT2D eigenvalue weighted by atomic mass is 9.94. The molecule has 0 radical (unpaired) electrons. The minimum Gasteiger partial charge on any atom is -0.341 e. The molecule has 1 aliphatic carbocycles. The summed E-state index contributed by atoms with van der Waals surface area (Å²) in [5, 5.41) is 0. The van der Waals surface area contributed by atoms with E-state index in [-0.39, 0.29) is 0 Å². The Morgan fingerprint density at radius 2 is 1.63 bits per heavy atom. The molecule has 2 aliphatic rings. The molecule has 0 bridgehead atoms. The first-order valence-corrected chi connectivity index (χ1v) is 7.72. The van der Waals surface area contributed by atoms with Gasteiger partial charge < -0.3 is 10.6 Å². The fourth-order valence-corrected chi connectivity index (χ4v) is 3.24. The van der Waals surface area contributed by atoms with E-state index >= 15 is 0 Å². The van der Waals surface area contributed by atoms with Gasteiger partial charge in [-0.25, -0.2) is 9.97 Å². The SMILES string of the molecule is NCc1nc(N2CCCCCC2)nc2c1CCCC2. The highest BCUT2D eigenvalue weighted by Crippen LogP contribution is 2.25. The lowest BCUT2D eigenvalue weighted by molar-refractivity contribution is 0.643. The molecular formula is C15H24N4. The van der Waals surface area contributed by atoms with Crippen molar-refractivity contribution in [3.05, 3.63) is 17.0 Å². The standard InChI is InChI=1S/C15H24N4/c16-11-14-12-7-3-4-8-13(12)17-15(18-14)19-9-5-1-2-6-10-19/h1-11,16H2. The quantitative estimate of drug-likeness (QED) is 0.885. The third-order valence-electron chi connectivity index (χ3n) is 4.34. The monoisotopic (exact) mass is 260 g/mol. The fourth-order valence-electron chi connectivity index (χ4n) is 3.24. The van der Waals surface area contributed by atoms with Gasteiger partial charge in [-0.1, -0.05) is 12.8 Å². The topological polar surface area (TPSA) is 55.0 Å². The zero-order valence-electron chi connectivity index (χ0n) is 11.7. The Balaban J connectivity index is 1.92. The molecule has 0 amide bonds. The van der Waals surface area contributed by atoms with Crippen LogP contribution in [0.25, 0.3) is 0 Å². The number of aromatic nitrogens is 2. The first kappa shape index (κ1) is 12.9. The maximum atomic E-state index is 5.89. The minimum atomic E-state index is 0.547. The second-order valence-electron chi connectivity index (χ2n) is 5.71. The number of anilines is 1. The van der Waals surface area contributed by atoms with E-state index < -0.39 is 0 Å². The molecule has 1 aromatic heterocycles. The second kappa shape index (κ2) is 5.87. The van der Waals surface area contributed by atoms with Crippen LogP contribution in [0, 0.1) is 0 Å². The molecule has 1 fully saturated rings. The second-order valence-corrected chi connectivity index (χ2v) is 5.71. The van der Waals surface area contributed by atoms with Gasteiger partial charge in [0, 0.05) is 25.3 Å². The largest absolute Gasteiger partial charge is 0.341 e. The van der Waals surface area contributed by atoms with Gasteiger partial charge in [0.05, 0.1) is 5.69 Å². The number of hydrogen-bond acceptors (Lipinski definition) is 4. The molecule has 0 saturated carbocycles. The Morgan fingerprint density at radius 1 is 0.895 bits per heavy atom. The molecule has 104 valence electrons. The van der Waals surface area contributed by atoms with Crippen LogP contribution in [0.15, 0.2) is 0 Å². The van der Waals surface area contributed by atoms with Crippen molar-refractivity contribution in [3.8, 4) is 0 Å². The summed E-state index contributed by atoms with van der Waals surface area (Å²) in [5.41, 5.74) is 9.59. The van der Waals surface area contributed by atoms with Crippen LogP contribution in [0.2, 0.25) is 0 Å². The maximum Gasteiger partial charge on any atom is 0.225 e. The Bertz CT molecular complexity index is 419. The first-order valence-electron chi connectivity index (χ1n) is 7.72. The zero-order chi connectivity index (χ0) is 13.1. The van der Waals surface area contributed by atoms with Crippen LogP contribution in [0.5, 0.6) is 0 Å². The van der Waals surface area contributed by atoms with Gasteiger partial charge in [0.25, 0.3) is 0 Å². The summed E-state index contributed by atoms with van der Waals surface area (Å²) in [6.45, 7) is 2.75. The van der Waals surface area contributed by atoms with Crippen LogP contribution in [-0.2, 0) is 19.4 Å². The molecule has 2 heterocycles. The van der Waals surface area contributed by atoms with Crippen molar-refractivity contribution in [1.82, 2.24) is 9.97 Å². The highest BCUT2D eigenvalue weighted by Gasteiger charge is 2.20. The van der Waals surface area contributed by atoms with E-state index in [2.05, 4.69) is 4.90 Å². The molecule has 0 unspecified atom stereocenters. The van der Waals surface area contributed by atoms with Gasteiger partial charge in [0.1, 0.15) is 0 Å². The number of nitrogens with zero attached hydrogens (tertiary/aromatic N) is 3. The zero-order valence-corrected chi connectivity index (χ0v) is 11.7. The number of nitrogens with two attached hydrogens (primary N) is 1. The van der Waals surface area contributed by atoms with Gasteiger partial charge in [-0.15, -0.1) is 0 Å². The van der Waals surface area contributed by atoms with E-state index in [4.69, 9.17) is 15.7 Å². The Kier molecular flexibility index (Phi) is 3.97. The van der Waals surface area contributed by atoms with Crippen molar-refractivity contribution in [1.29, 1.82) is 0 Å². The predicted octanol–water partition coefficient (Wildman–Crippen LogP) is 2.19. The van der Waals surface area contributed by atoms with Crippen LogP contribution >= 0.6 is 0 Å². The summed E-state index contributed by atoms with van der Waals surface area (Å²) in [7, 11) is 0. The smallest absolute Gasteiger partial charge is 0.225 e. The van der Waals surface area contributed by atoms with Gasteiger partial charge in [-0.05, 0) is 44.1 Å². The van der Waals surface area contributed by atoms with E-state index in [1.807, 2.05) is 0 Å². The highest BCUT2D eigenvalue weighted by atomic mass is 15.3. The van der Waals surface area contributed by atoms with E-state index in [9.17, 15) is 0 Å². The van der Waals surface area contributed by atoms with Crippen LogP contribution in [0.4, 0.5) is 5.95 Å². The Morgan fingerprint density at radius 3 is 2.37 bits per heavy atom. The summed E-state index contributed by atoms with van der Waals surface area (Å²) in [5.74, 6) is 0.933. The van der Waals surface area contributed by atoms with Gasteiger partial charge in [0.15, 0.2) is 0 Å². The minimum absolute atomic E-state index is 0.547. The van der Waals surface area contributed by atoms with E-state index in [1.54, 1.807) is 0 Å². The van der Waals surface area contributed by atoms with Crippen LogP contribution < -0.4 is 10.6 Å². The van der Waals surface area contributed by atoms with E-state index in [1.165, 1.54) is 49.8 Å². The third kappa shape index (κ3) is 2.73. The third-order valence-corrected chi connectivity index (χ3v) is 4.34. The summed E-state index contributed by atoms with van der Waals surface area (Å²) < 4.78 is 0. The summed E-state index contributed by atoms with van der Waals surface area (Å²) in [6, 6.07) is 0. The van der Waals surface area contributed by atoms with Gasteiger partial charge in [-0.3, -0.25) is 0 Å². The molecule has 4 nitrogen and oxygen atoms in total. The van der Waals surface area contributed by atoms with Gasteiger partial charge in [-0.2, -0.15) is 0 Å². The molecule has 4 heteroatoms. The van der Waals surface area contributed by atoms with Crippen LogP contribution in [-0.4, -0.2) is 23.1 Å². The summed E-state index contributed by atoms with van der Waals surface area (Å²) in [6.07, 6.45) is 9.93. The van der Waals surface area contributed by atoms with Crippen molar-refractivity contribution in [3.63, 3.8) is 0 Å². The number of fused-ring (bicyclic) bond motifs is 1. The molecule has 3 rings (SSSR count). The number of hydrogen-bond donors (Lipinski definition) is 1. The normalized spacial score (nSPS) is 19.9. The fraction of sp³-hybridized carbons (Fsp3) is 0.733. The average molecular weight is 260 g/mol. The first-order chi connectivity index (χ1) is 9.38. The van der Waals surface area contributed by atoms with Crippen molar-refractivity contribution < 1.29 is 0 Å². The molecule has 1 aliphatic heterocycles. The predicted molar refractivity (Wildman–Crippen MR) is 77.2 cm³/mol. The lowest BCUT2D eigenvalue weighted by Gasteiger charge is -2.24. The van der Waals surface area contributed by atoms with Crippen molar-refractivity contribution in [2.45, 2.75) is 57.9 Å². The number of aryl methyl sites for hydroxylation is 1. The molecule has 0 atom stereocenters. The summed E-state index contributed by atoms with van der Waals surface area (Å²) >= 11 is 0.